The highest BCUT2D eigenvalue weighted by Gasteiger charge is 2.36. The van der Waals surface area contributed by atoms with Gasteiger partial charge in [-0.05, 0) is 59.2 Å². The van der Waals surface area contributed by atoms with E-state index in [9.17, 15) is 13.2 Å². The molecule has 1 atom stereocenters. The standard InChI is InChI=1S/C28H28ClN3O3S2/c1-19(2)17-31(37(34,35)25-7-3-5-20-6-4-14-30-27(20)25)18-26(33)32-15-12-24-23(13-16-36-24)28(32)21-8-10-22(29)11-9-21/h3-11,13-14,16,19,28H,12,15,17-18H2,1-2H3/t28-/m1/s1. The number of halogens is 1. The molecule has 0 saturated carbocycles. The Morgan fingerprint density at radius 3 is 2.65 bits per heavy atom. The van der Waals surface area contributed by atoms with E-state index in [2.05, 4.69) is 11.1 Å². The van der Waals surface area contributed by atoms with Gasteiger partial charge in [0.15, 0.2) is 0 Å². The number of carbonyl (C=O) groups excluding carboxylic acids is 1. The van der Waals surface area contributed by atoms with Crippen molar-refractivity contribution in [2.45, 2.75) is 31.2 Å². The number of rotatable bonds is 7. The molecule has 0 aliphatic carbocycles. The third-order valence-electron chi connectivity index (χ3n) is 6.57. The topological polar surface area (TPSA) is 70.6 Å². The van der Waals surface area contributed by atoms with Crippen LogP contribution in [-0.2, 0) is 21.2 Å². The highest BCUT2D eigenvalue weighted by atomic mass is 35.5. The van der Waals surface area contributed by atoms with Crippen LogP contribution in [0, 0.1) is 5.92 Å². The predicted molar refractivity (Wildman–Crippen MR) is 148 cm³/mol. The van der Waals surface area contributed by atoms with Crippen molar-refractivity contribution in [2.24, 2.45) is 5.92 Å². The van der Waals surface area contributed by atoms with E-state index in [1.807, 2.05) is 60.5 Å². The van der Waals surface area contributed by atoms with Gasteiger partial charge in [-0.3, -0.25) is 9.78 Å². The van der Waals surface area contributed by atoms with Gasteiger partial charge in [0.1, 0.15) is 4.90 Å². The summed E-state index contributed by atoms with van der Waals surface area (Å²) in [5.41, 5.74) is 2.45. The number of thiophene rings is 1. The number of benzene rings is 2. The highest BCUT2D eigenvalue weighted by Crippen LogP contribution is 2.38. The predicted octanol–water partition coefficient (Wildman–Crippen LogP) is 5.77. The molecular formula is C28H28ClN3O3S2. The summed E-state index contributed by atoms with van der Waals surface area (Å²) in [5, 5.41) is 3.41. The van der Waals surface area contributed by atoms with Crippen LogP contribution >= 0.6 is 22.9 Å². The maximum absolute atomic E-state index is 13.9. The lowest BCUT2D eigenvalue weighted by molar-refractivity contribution is -0.133. The fourth-order valence-corrected chi connectivity index (χ4v) is 7.66. The number of aromatic nitrogens is 1. The lowest BCUT2D eigenvalue weighted by Gasteiger charge is -2.37. The van der Waals surface area contributed by atoms with E-state index in [-0.39, 0.29) is 35.9 Å². The molecule has 1 aliphatic heterocycles. The quantitative estimate of drug-likeness (QED) is 0.291. The van der Waals surface area contributed by atoms with E-state index in [0.29, 0.717) is 17.1 Å². The van der Waals surface area contributed by atoms with Crippen molar-refractivity contribution in [3.05, 3.63) is 93.3 Å². The minimum atomic E-state index is -3.99. The largest absolute Gasteiger partial charge is 0.330 e. The molecule has 5 rings (SSSR count). The number of pyridine rings is 1. The lowest BCUT2D eigenvalue weighted by Crippen LogP contribution is -2.47. The summed E-state index contributed by atoms with van der Waals surface area (Å²) in [6.45, 7) is 4.39. The van der Waals surface area contributed by atoms with Gasteiger partial charge in [0.25, 0.3) is 0 Å². The Labute approximate surface area is 226 Å². The number of hydrogen-bond acceptors (Lipinski definition) is 5. The molecule has 2 aromatic carbocycles. The lowest BCUT2D eigenvalue weighted by atomic mass is 9.93. The number of amides is 1. The van der Waals surface area contributed by atoms with Crippen LogP contribution in [0.2, 0.25) is 5.02 Å². The zero-order chi connectivity index (χ0) is 26.2. The van der Waals surface area contributed by atoms with E-state index in [4.69, 9.17) is 11.6 Å². The Kier molecular flexibility index (Phi) is 7.36. The van der Waals surface area contributed by atoms with Crippen molar-refractivity contribution in [2.75, 3.05) is 19.6 Å². The smallest absolute Gasteiger partial charge is 0.245 e. The Morgan fingerprint density at radius 2 is 1.89 bits per heavy atom. The van der Waals surface area contributed by atoms with Gasteiger partial charge in [-0.15, -0.1) is 11.3 Å². The van der Waals surface area contributed by atoms with E-state index in [0.717, 1.165) is 22.9 Å². The minimum absolute atomic E-state index is 0.0300. The van der Waals surface area contributed by atoms with Crippen LogP contribution in [0.5, 0.6) is 0 Å². The molecule has 0 radical (unpaired) electrons. The number of carbonyl (C=O) groups is 1. The Bertz CT molecular complexity index is 1530. The average Bonchev–Trinajstić information content (AvgIpc) is 3.36. The van der Waals surface area contributed by atoms with E-state index in [1.165, 1.54) is 9.18 Å². The first-order valence-corrected chi connectivity index (χ1v) is 14.9. The average molecular weight is 554 g/mol. The number of hydrogen-bond donors (Lipinski definition) is 0. The van der Waals surface area contributed by atoms with E-state index in [1.54, 1.807) is 35.7 Å². The zero-order valence-electron chi connectivity index (χ0n) is 20.7. The van der Waals surface area contributed by atoms with Crippen LogP contribution in [0.15, 0.2) is 77.1 Å². The van der Waals surface area contributed by atoms with E-state index >= 15 is 0 Å². The summed E-state index contributed by atoms with van der Waals surface area (Å²) in [5.74, 6) is -0.198. The van der Waals surface area contributed by atoms with Crippen molar-refractivity contribution in [3.8, 4) is 0 Å². The van der Waals surface area contributed by atoms with Gasteiger partial charge in [0.2, 0.25) is 15.9 Å². The zero-order valence-corrected chi connectivity index (χ0v) is 23.1. The van der Waals surface area contributed by atoms with Gasteiger partial charge in [-0.1, -0.05) is 55.8 Å². The summed E-state index contributed by atoms with van der Waals surface area (Å²) in [7, 11) is -3.99. The van der Waals surface area contributed by atoms with Crippen LogP contribution in [-0.4, -0.2) is 48.1 Å². The molecule has 0 spiro atoms. The molecule has 4 aromatic rings. The van der Waals surface area contributed by atoms with Gasteiger partial charge in [-0.2, -0.15) is 4.31 Å². The van der Waals surface area contributed by atoms with Crippen LogP contribution in [0.25, 0.3) is 10.9 Å². The normalized spacial score (nSPS) is 15.9. The summed E-state index contributed by atoms with van der Waals surface area (Å²) in [4.78, 5) is 21.4. The summed E-state index contributed by atoms with van der Waals surface area (Å²) < 4.78 is 29.2. The molecular weight excluding hydrogens is 526 g/mol. The number of fused-ring (bicyclic) bond motifs is 2. The molecule has 0 unspecified atom stereocenters. The molecule has 1 amide bonds. The molecule has 0 bridgehead atoms. The molecule has 6 nitrogen and oxygen atoms in total. The molecule has 0 fully saturated rings. The van der Waals surface area contributed by atoms with Crippen molar-refractivity contribution >= 4 is 49.8 Å². The maximum Gasteiger partial charge on any atom is 0.245 e. The SMILES string of the molecule is CC(C)CN(CC(=O)N1CCc2sccc2[C@H]1c1ccc(Cl)cc1)S(=O)(=O)c1cccc2cccnc12. The second-order valence-electron chi connectivity index (χ2n) is 9.61. The summed E-state index contributed by atoms with van der Waals surface area (Å²) >= 11 is 7.83. The van der Waals surface area contributed by atoms with Gasteiger partial charge in [0, 0.05) is 34.6 Å². The van der Waals surface area contributed by atoms with Gasteiger partial charge >= 0.3 is 0 Å². The van der Waals surface area contributed by atoms with Gasteiger partial charge in [0.05, 0.1) is 18.1 Å². The Hall–Kier alpha value is -2.78. The van der Waals surface area contributed by atoms with Crippen LogP contribution in [0.3, 0.4) is 0 Å². The van der Waals surface area contributed by atoms with Crippen LogP contribution in [0.1, 0.15) is 35.9 Å². The number of nitrogens with zero attached hydrogens (tertiary/aromatic N) is 3. The van der Waals surface area contributed by atoms with Gasteiger partial charge < -0.3 is 4.90 Å². The fourth-order valence-electron chi connectivity index (χ4n) is 4.91. The first kappa shape index (κ1) is 25.9. The molecule has 37 heavy (non-hydrogen) atoms. The van der Waals surface area contributed by atoms with Gasteiger partial charge in [-0.25, -0.2) is 8.42 Å². The molecule has 192 valence electrons. The molecule has 3 heterocycles. The van der Waals surface area contributed by atoms with Crippen molar-refractivity contribution in [1.82, 2.24) is 14.2 Å². The molecule has 1 aliphatic rings. The van der Waals surface area contributed by atoms with Crippen molar-refractivity contribution in [1.29, 1.82) is 0 Å². The minimum Gasteiger partial charge on any atom is -0.330 e. The molecule has 2 aromatic heterocycles. The van der Waals surface area contributed by atoms with Crippen molar-refractivity contribution in [3.63, 3.8) is 0 Å². The molecule has 0 saturated heterocycles. The monoisotopic (exact) mass is 553 g/mol. The molecule has 9 heteroatoms. The van der Waals surface area contributed by atoms with E-state index < -0.39 is 10.0 Å². The van der Waals surface area contributed by atoms with Crippen molar-refractivity contribution < 1.29 is 13.2 Å². The Balaban J connectivity index is 1.51. The maximum atomic E-state index is 13.9. The second-order valence-corrected chi connectivity index (χ2v) is 13.0. The highest BCUT2D eigenvalue weighted by molar-refractivity contribution is 7.89. The van der Waals surface area contributed by atoms with Crippen LogP contribution in [0.4, 0.5) is 0 Å². The number of para-hydroxylation sites is 1. The summed E-state index contributed by atoms with van der Waals surface area (Å²) in [6, 6.07) is 18.0. The fraction of sp³-hybridized carbons (Fsp3) is 0.286. The molecule has 0 N–H and O–H groups in total. The first-order chi connectivity index (χ1) is 17.8. The third kappa shape index (κ3) is 5.16. The second kappa shape index (κ2) is 10.5. The number of sulfonamides is 1. The summed E-state index contributed by atoms with van der Waals surface area (Å²) in [6.07, 6.45) is 2.33. The van der Waals surface area contributed by atoms with Crippen LogP contribution < -0.4 is 0 Å². The third-order valence-corrected chi connectivity index (χ3v) is 9.66. The first-order valence-electron chi connectivity index (χ1n) is 12.2. The Morgan fingerprint density at radius 1 is 1.14 bits per heavy atom.